The number of nitrogens with zero attached hydrogens (tertiary/aromatic N) is 5. The summed E-state index contributed by atoms with van der Waals surface area (Å²) >= 11 is 74.5. The van der Waals surface area contributed by atoms with Crippen LogP contribution in [0.15, 0.2) is 97.3 Å². The van der Waals surface area contributed by atoms with E-state index >= 15 is 0 Å². The van der Waals surface area contributed by atoms with Gasteiger partial charge in [-0.05, 0) is 166 Å². The molecule has 6 aromatic rings. The number of primary amides is 2. The van der Waals surface area contributed by atoms with Gasteiger partial charge in [-0.25, -0.2) is 24.7 Å². The molecule has 125 heavy (non-hydrogen) atoms. The van der Waals surface area contributed by atoms with Crippen molar-refractivity contribution < 1.29 is 45.5 Å². The third-order valence-electron chi connectivity index (χ3n) is 16.4. The molecule has 2 fully saturated rings. The van der Waals surface area contributed by atoms with Gasteiger partial charge >= 0.3 is 612 Å². The molecule has 0 unspecified atom stereocenters. The van der Waals surface area contributed by atoms with E-state index in [2.05, 4.69) is 490 Å². The second kappa shape index (κ2) is 72.4. The fourth-order valence-corrected chi connectivity index (χ4v) is 7970. The van der Waals surface area contributed by atoms with Crippen molar-refractivity contribution in [2.45, 2.75) is 148 Å². The Morgan fingerprint density at radius 3 is 1.14 bits per heavy atom. The number of nitrogens with two attached hydrogens (primary N) is 2. The molecule has 8 rings (SSSR count). The van der Waals surface area contributed by atoms with Crippen molar-refractivity contribution in [2.75, 3.05) is 31.5 Å². The summed E-state index contributed by atoms with van der Waals surface area (Å²) in [6.07, 6.45) is -1.30. The van der Waals surface area contributed by atoms with Crippen LogP contribution in [0.25, 0.3) is 0 Å². The fraction of sp³-hybridized carbons (Fsp3) is 0.435. The number of carbonyl (C=O) groups excluding carboxylic acids is 3. The predicted molar refractivity (Wildman–Crippen MR) is 917 cm³/mol. The monoisotopic (exact) mass is 6710 g/mol. The van der Waals surface area contributed by atoms with Crippen LogP contribution in [0.4, 0.5) is 42.8 Å². The van der Waals surface area contributed by atoms with Gasteiger partial charge in [0.15, 0.2) is 0 Å². The summed E-state index contributed by atoms with van der Waals surface area (Å²) in [6.45, 7) is 12.9. The van der Waals surface area contributed by atoms with E-state index in [1.807, 2.05) is 45.9 Å². The average Bonchev–Trinajstić information content (AvgIpc) is 0.812. The first kappa shape index (κ1) is 138. The predicted octanol–water partition coefficient (Wildman–Crippen LogP) is 50.6. The first-order valence-electron chi connectivity index (χ1n) is 33.9. The molecule has 2 saturated heterocycles. The number of likely N-dealkylation sites (tertiary alicyclic amines) is 1. The number of rotatable bonds is 38. The molecule has 0 aliphatic carbocycles. The van der Waals surface area contributed by atoms with Crippen molar-refractivity contribution in [3.63, 3.8) is 0 Å². The molecule has 0 radical (unpaired) electrons. The van der Waals surface area contributed by atoms with Crippen LogP contribution < -0.4 is 22.1 Å². The molecular weight excluding hydrogens is 6630 g/mol. The summed E-state index contributed by atoms with van der Waals surface area (Å²) in [5.41, 5.74) is 17.6. The van der Waals surface area contributed by atoms with Gasteiger partial charge in [-0.1, -0.05) is 92.7 Å². The van der Waals surface area contributed by atoms with Crippen LogP contribution >= 0.6 is 594 Å². The maximum absolute atomic E-state index is 13.9. The van der Waals surface area contributed by atoms with Crippen molar-refractivity contribution in [1.29, 1.82) is 0 Å². The standard InChI is InChI=1S/C33H40F3N5O3.C29H33F3N4O.I44/c1-5-21-18-25(23-14-16-41(17-15-23)31(43)44-32(2,3)4)11-12-27(21)39-30-38-20-26(33(34,35)36)28(40-30)13-10-22-8-6-7-9-24(22)19-29(37)42;1-2-19-15-23(21-11-13-34-14-12-21)7-8-24(19)17-28-35-18-25(29(30,31)32)26(36-28)10-9-20-5-3-4-6-22(20)16-27(33)37;1-24(2)26(5)28(7)30(9)32(11)34(13)36(15)38(17)40(19)42(21)44(23)43(22)41(20)39(18)37(16)35(14)33(12)31(10)29(8)27(6)25(3)4/h6-9,11-12,18,20,23H,5,10,13-17,19H2,1-4H3,(H2,37,42)(H,38,39,40);3-8,15,18,21,34H,2,9-14,16-17H2,1H3,(H2,33,37);. The maximum atomic E-state index is 13.9. The van der Waals surface area contributed by atoms with Gasteiger partial charge in [-0.2, -0.15) is 26.3 Å². The van der Waals surface area contributed by atoms with Crippen LogP contribution in [0.2, 0.25) is 0 Å². The van der Waals surface area contributed by atoms with Crippen molar-refractivity contribution >= 4 is 623 Å². The van der Waals surface area contributed by atoms with E-state index in [4.69, 9.17) is 16.2 Å². The number of nitrogens with one attached hydrogen (secondary N) is 2. The fourth-order valence-electron chi connectivity index (χ4n) is 11.1. The van der Waals surface area contributed by atoms with Gasteiger partial charge in [0, 0.05) is 37.6 Å². The van der Waals surface area contributed by atoms with E-state index in [-0.39, 0.29) is 61.5 Å². The number of ether oxygens (including phenoxy) is 1. The average molecular weight is 6710 g/mol. The second-order valence-corrected chi connectivity index (χ2v) is 1050. The quantitative estimate of drug-likeness (QED) is 0.0214. The summed E-state index contributed by atoms with van der Waals surface area (Å²) < 4.78 is 88.5. The van der Waals surface area contributed by atoms with Crippen molar-refractivity contribution in [2.24, 2.45) is 11.5 Å². The van der Waals surface area contributed by atoms with Crippen LogP contribution in [-0.4, -0.2) is 74.5 Å². The Labute approximate surface area is 1030 Å². The summed E-state index contributed by atoms with van der Waals surface area (Å²) in [6, 6.07) is 26.7. The summed E-state index contributed by atoms with van der Waals surface area (Å²) in [5.74, 6) is 0.271. The molecule has 0 atom stereocenters. The third kappa shape index (κ3) is 49.0. The minimum atomic E-state index is -4.62. The van der Waals surface area contributed by atoms with Crippen LogP contribution in [0, 0.1) is 0 Å². The Hall–Kier alpha value is 24.7. The van der Waals surface area contributed by atoms with E-state index in [9.17, 15) is 40.7 Å². The number of benzene rings is 4. The van der Waals surface area contributed by atoms with Crippen molar-refractivity contribution in [1.82, 2.24) is 30.2 Å². The Balaban J connectivity index is 0.000000291. The van der Waals surface area contributed by atoms with Gasteiger partial charge in [-0.3, -0.25) is 9.59 Å². The van der Waals surface area contributed by atoms with E-state index in [1.54, 1.807) is 47.4 Å². The zero-order valence-corrected chi connectivity index (χ0v) is 158. The number of aromatic nitrogens is 4. The molecule has 2 aliphatic rings. The first-order chi connectivity index (χ1) is 58.4. The Morgan fingerprint density at radius 2 is 0.784 bits per heavy atom. The number of hydrogen-bond donors (Lipinski definition) is 4. The zero-order valence-electron chi connectivity index (χ0n) is 63.3. The number of carbonyl (C=O) groups is 3. The molecule has 2 aliphatic heterocycles. The molecule has 2 aromatic heterocycles. The van der Waals surface area contributed by atoms with E-state index < -0.39 is 207 Å². The van der Waals surface area contributed by atoms with Gasteiger partial charge in [-0.15, -0.1) is 0 Å². The third-order valence-corrected chi connectivity index (χ3v) is 3320. The number of alkyl halides is 6. The number of anilines is 2. The Kier molecular flexibility index (Phi) is 80.1. The van der Waals surface area contributed by atoms with E-state index in [0.717, 1.165) is 96.7 Å². The number of halogens is 50. The molecular formula is C62H73F6I44N9O4. The number of piperidine rings is 2. The molecule has 0 saturated carbocycles. The van der Waals surface area contributed by atoms with Gasteiger partial charge in [0.25, 0.3) is 0 Å². The van der Waals surface area contributed by atoms with Gasteiger partial charge in [0.2, 0.25) is 17.8 Å². The molecule has 0 bridgehead atoms. The van der Waals surface area contributed by atoms with Crippen LogP contribution in [0.5, 0.6) is 0 Å². The van der Waals surface area contributed by atoms with Crippen LogP contribution in [0.1, 0.15) is 151 Å². The summed E-state index contributed by atoms with van der Waals surface area (Å²) in [4.78, 5) is 53.9. The van der Waals surface area contributed by atoms with Crippen molar-refractivity contribution in [3.05, 3.63) is 176 Å². The van der Waals surface area contributed by atoms with Gasteiger partial charge in [0.1, 0.15) is 11.4 Å². The molecule has 4 aromatic carbocycles. The summed E-state index contributed by atoms with van der Waals surface area (Å²) in [7, 11) is -10.9. The number of amides is 3. The van der Waals surface area contributed by atoms with Gasteiger partial charge in [0.05, 0.1) is 35.4 Å². The topological polar surface area (TPSA) is 191 Å². The van der Waals surface area contributed by atoms with Crippen LogP contribution in [0.3, 0.4) is 0 Å². The summed E-state index contributed by atoms with van der Waals surface area (Å²) in [5, 5.41) is 6.52. The minimum absolute atomic E-state index is 0.00336. The number of aryl methyl sites for hydroxylation is 6. The normalized spacial score (nSPS) is 16.0. The van der Waals surface area contributed by atoms with Gasteiger partial charge < -0.3 is 31.7 Å². The molecule has 63 heteroatoms. The molecule has 4 heterocycles. The zero-order chi connectivity index (χ0) is 93.6. The Bertz CT molecular complexity index is 4360. The second-order valence-electron chi connectivity index (χ2n) is 25.1. The number of hydrogen-bond acceptors (Lipinski definition) is 10. The molecule has 0 spiro atoms. The first-order valence-corrected chi connectivity index (χ1v) is 304. The van der Waals surface area contributed by atoms with Crippen molar-refractivity contribution in [3.8, 4) is 0 Å². The Morgan fingerprint density at radius 1 is 0.440 bits per heavy atom. The molecule has 6 N–H and O–H groups in total. The molecule has 740 valence electrons. The SMILES string of the molecule is CCc1cc(C2CCN(C(=O)OC(C)(C)C)CC2)ccc1Nc1ncc(C(F)(F)F)c(CCc2ccccc2CC(N)=O)n1.CCc1cc(C2CCNCC2)ccc1Cc1ncc(C(F)(F)F)c(CCc2ccccc2CC(N)=O)n1.II(I)I(I)I(I)I(I)I(I)I(I)I(I)I(I)I(I)I(I)I(I)I(I)I(I)I(I)I(I)I(I)I(I)I(I)I(I)I(I)I(I)I. The van der Waals surface area contributed by atoms with E-state index in [0.29, 0.717) is 49.7 Å². The molecule has 3 amide bonds. The van der Waals surface area contributed by atoms with E-state index in [1.165, 1.54) is 11.1 Å². The molecule has 13 nitrogen and oxygen atoms in total. The van der Waals surface area contributed by atoms with Crippen LogP contribution in [-0.2, 0) is 84.5 Å².